The lowest BCUT2D eigenvalue weighted by Gasteiger charge is -2.07. The van der Waals surface area contributed by atoms with Gasteiger partial charge >= 0.3 is 0 Å². The minimum Gasteiger partial charge on any atom is -0.496 e. The van der Waals surface area contributed by atoms with Crippen LogP contribution in [0.15, 0.2) is 48.5 Å². The van der Waals surface area contributed by atoms with Crippen LogP contribution >= 0.6 is 11.3 Å². The van der Waals surface area contributed by atoms with Crippen molar-refractivity contribution in [2.45, 2.75) is 6.92 Å². The van der Waals surface area contributed by atoms with E-state index in [2.05, 4.69) is 43.3 Å². The Labute approximate surface area is 111 Å². The summed E-state index contributed by atoms with van der Waals surface area (Å²) in [6.07, 6.45) is 0. The first-order valence-corrected chi connectivity index (χ1v) is 6.74. The lowest BCUT2D eigenvalue weighted by molar-refractivity contribution is 0.416. The van der Waals surface area contributed by atoms with Gasteiger partial charge in [-0.25, -0.2) is 0 Å². The highest BCUT2D eigenvalue weighted by molar-refractivity contribution is 7.22. The normalized spacial score (nSPS) is 10.8. The summed E-state index contributed by atoms with van der Waals surface area (Å²) in [5.74, 6) is 0.937. The van der Waals surface area contributed by atoms with Gasteiger partial charge in [-0.2, -0.15) is 0 Å². The third-order valence-electron chi connectivity index (χ3n) is 3.20. The molecule has 2 aromatic carbocycles. The smallest absolute Gasteiger partial charge is 0.127 e. The van der Waals surface area contributed by atoms with Crippen LogP contribution in [-0.4, -0.2) is 7.11 Å². The van der Waals surface area contributed by atoms with Crippen molar-refractivity contribution in [2.24, 2.45) is 0 Å². The Morgan fingerprint density at radius 3 is 2.44 bits per heavy atom. The highest BCUT2D eigenvalue weighted by atomic mass is 32.1. The first kappa shape index (κ1) is 11.3. The molecule has 90 valence electrons. The average Bonchev–Trinajstić information content (AvgIpc) is 2.76. The van der Waals surface area contributed by atoms with E-state index in [0.29, 0.717) is 0 Å². The quantitative estimate of drug-likeness (QED) is 0.633. The third kappa shape index (κ3) is 1.70. The Hall–Kier alpha value is -1.80. The zero-order chi connectivity index (χ0) is 12.5. The third-order valence-corrected chi connectivity index (χ3v) is 4.50. The largest absolute Gasteiger partial charge is 0.496 e. The Bertz CT molecular complexity index is 697. The van der Waals surface area contributed by atoms with Gasteiger partial charge in [-0.05, 0) is 36.1 Å². The molecule has 1 aromatic heterocycles. The Morgan fingerprint density at radius 1 is 0.944 bits per heavy atom. The van der Waals surface area contributed by atoms with Crippen molar-refractivity contribution in [1.82, 2.24) is 0 Å². The number of methoxy groups -OCH3 is 1. The fraction of sp³-hybridized carbons (Fsp3) is 0.125. The predicted octanol–water partition coefficient (Wildman–Crippen LogP) is 4.89. The second-order valence-electron chi connectivity index (χ2n) is 4.25. The van der Waals surface area contributed by atoms with E-state index in [1.165, 1.54) is 26.1 Å². The Kier molecular flexibility index (Phi) is 2.80. The molecule has 0 atom stereocenters. The molecule has 2 heteroatoms. The fourth-order valence-electron chi connectivity index (χ4n) is 2.26. The van der Waals surface area contributed by atoms with Gasteiger partial charge < -0.3 is 4.74 Å². The lowest BCUT2D eigenvalue weighted by atomic mass is 10.1. The molecule has 3 rings (SSSR count). The summed E-state index contributed by atoms with van der Waals surface area (Å²) in [5.41, 5.74) is 2.51. The summed E-state index contributed by atoms with van der Waals surface area (Å²) in [6, 6.07) is 16.7. The monoisotopic (exact) mass is 254 g/mol. The Morgan fingerprint density at radius 2 is 1.67 bits per heavy atom. The van der Waals surface area contributed by atoms with E-state index >= 15 is 0 Å². The molecule has 0 amide bonds. The van der Waals surface area contributed by atoms with Crippen LogP contribution in [0.3, 0.4) is 0 Å². The summed E-state index contributed by atoms with van der Waals surface area (Å²) in [5, 5.41) is 1.34. The SMILES string of the molecule is COc1ccccc1-c1sc2ccccc2c1C. The van der Waals surface area contributed by atoms with E-state index in [4.69, 9.17) is 4.74 Å². The Balaban J connectivity index is 2.28. The van der Waals surface area contributed by atoms with Crippen molar-refractivity contribution in [3.63, 3.8) is 0 Å². The molecular weight excluding hydrogens is 240 g/mol. The maximum atomic E-state index is 5.46. The summed E-state index contributed by atoms with van der Waals surface area (Å²) in [7, 11) is 1.72. The van der Waals surface area contributed by atoms with Crippen molar-refractivity contribution in [3.05, 3.63) is 54.1 Å². The van der Waals surface area contributed by atoms with Gasteiger partial charge in [0.25, 0.3) is 0 Å². The average molecular weight is 254 g/mol. The van der Waals surface area contributed by atoms with Gasteiger partial charge in [0.05, 0.1) is 7.11 Å². The summed E-state index contributed by atoms with van der Waals surface area (Å²) >= 11 is 1.83. The van der Waals surface area contributed by atoms with E-state index < -0.39 is 0 Å². The van der Waals surface area contributed by atoms with E-state index in [1.54, 1.807) is 7.11 Å². The molecule has 0 unspecified atom stereocenters. The fourth-order valence-corrected chi connectivity index (χ4v) is 3.50. The van der Waals surface area contributed by atoms with Crippen LogP contribution in [-0.2, 0) is 0 Å². The standard InChI is InChI=1S/C16H14OS/c1-11-12-7-4-6-10-15(12)18-16(11)13-8-3-5-9-14(13)17-2/h3-10H,1-2H3. The van der Waals surface area contributed by atoms with Gasteiger partial charge in [-0.15, -0.1) is 11.3 Å². The number of para-hydroxylation sites is 1. The van der Waals surface area contributed by atoms with Gasteiger partial charge in [0.2, 0.25) is 0 Å². The van der Waals surface area contributed by atoms with Crippen LogP contribution in [0, 0.1) is 6.92 Å². The minimum atomic E-state index is 0.937. The molecule has 0 aliphatic heterocycles. The van der Waals surface area contributed by atoms with Crippen LogP contribution in [0.5, 0.6) is 5.75 Å². The molecule has 0 aliphatic rings. The number of aryl methyl sites for hydroxylation is 1. The number of hydrogen-bond donors (Lipinski definition) is 0. The van der Waals surface area contributed by atoms with Crippen LogP contribution in [0.1, 0.15) is 5.56 Å². The summed E-state index contributed by atoms with van der Waals surface area (Å²) in [6.45, 7) is 2.18. The number of rotatable bonds is 2. The number of hydrogen-bond acceptors (Lipinski definition) is 2. The number of thiophene rings is 1. The first-order valence-electron chi connectivity index (χ1n) is 5.93. The maximum absolute atomic E-state index is 5.46. The highest BCUT2D eigenvalue weighted by Gasteiger charge is 2.12. The van der Waals surface area contributed by atoms with Gasteiger partial charge in [-0.1, -0.05) is 30.3 Å². The van der Waals surface area contributed by atoms with Crippen LogP contribution in [0.25, 0.3) is 20.5 Å². The molecule has 0 fully saturated rings. The maximum Gasteiger partial charge on any atom is 0.127 e. The molecular formula is C16H14OS. The predicted molar refractivity (Wildman–Crippen MR) is 78.6 cm³/mol. The van der Waals surface area contributed by atoms with Crippen molar-refractivity contribution >= 4 is 21.4 Å². The molecule has 0 radical (unpaired) electrons. The molecule has 3 aromatic rings. The first-order chi connectivity index (χ1) is 8.81. The zero-order valence-electron chi connectivity index (χ0n) is 10.4. The second kappa shape index (κ2) is 4.46. The van der Waals surface area contributed by atoms with Crippen LogP contribution in [0.2, 0.25) is 0 Å². The molecule has 0 N–H and O–H groups in total. The minimum absolute atomic E-state index is 0.937. The van der Waals surface area contributed by atoms with Crippen LogP contribution in [0.4, 0.5) is 0 Å². The van der Waals surface area contributed by atoms with Gasteiger partial charge in [0.15, 0.2) is 0 Å². The van der Waals surface area contributed by atoms with E-state index in [0.717, 1.165) is 5.75 Å². The van der Waals surface area contributed by atoms with E-state index in [1.807, 2.05) is 23.5 Å². The summed E-state index contributed by atoms with van der Waals surface area (Å²) in [4.78, 5) is 1.30. The van der Waals surface area contributed by atoms with Crippen molar-refractivity contribution < 1.29 is 4.74 Å². The summed E-state index contributed by atoms with van der Waals surface area (Å²) < 4.78 is 6.79. The number of ether oxygens (including phenoxy) is 1. The van der Waals surface area contributed by atoms with Crippen molar-refractivity contribution in [3.8, 4) is 16.2 Å². The second-order valence-corrected chi connectivity index (χ2v) is 5.30. The molecule has 1 heterocycles. The molecule has 0 aliphatic carbocycles. The molecule has 18 heavy (non-hydrogen) atoms. The molecule has 0 spiro atoms. The zero-order valence-corrected chi connectivity index (χ0v) is 11.3. The van der Waals surface area contributed by atoms with Crippen molar-refractivity contribution in [2.75, 3.05) is 7.11 Å². The van der Waals surface area contributed by atoms with E-state index in [-0.39, 0.29) is 0 Å². The topological polar surface area (TPSA) is 9.23 Å². The highest BCUT2D eigenvalue weighted by Crippen LogP contribution is 2.41. The molecule has 0 bridgehead atoms. The van der Waals surface area contributed by atoms with Crippen molar-refractivity contribution in [1.29, 1.82) is 0 Å². The lowest BCUT2D eigenvalue weighted by Crippen LogP contribution is -1.86. The number of benzene rings is 2. The molecule has 0 saturated carbocycles. The molecule has 1 nitrogen and oxygen atoms in total. The van der Waals surface area contributed by atoms with Gasteiger partial charge in [0, 0.05) is 15.1 Å². The molecule has 0 saturated heterocycles. The number of fused-ring (bicyclic) bond motifs is 1. The van der Waals surface area contributed by atoms with Crippen LogP contribution < -0.4 is 4.74 Å². The van der Waals surface area contributed by atoms with E-state index in [9.17, 15) is 0 Å². The van der Waals surface area contributed by atoms with Gasteiger partial charge in [0.1, 0.15) is 5.75 Å². The van der Waals surface area contributed by atoms with Gasteiger partial charge in [-0.3, -0.25) is 0 Å².